The van der Waals surface area contributed by atoms with Crippen LogP contribution in [0.2, 0.25) is 0 Å². The molecule has 0 rings (SSSR count). The minimum atomic E-state index is 0.125. The van der Waals surface area contributed by atoms with Gasteiger partial charge in [-0.25, -0.2) is 0 Å². The van der Waals surface area contributed by atoms with Crippen LogP contribution in [0, 0.1) is 0 Å². The van der Waals surface area contributed by atoms with Crippen LogP contribution < -0.4 is 0 Å². The average Bonchev–Trinajstić information content (AvgIpc) is 1.50. The third kappa shape index (κ3) is 10.9. The quantitative estimate of drug-likeness (QED) is 0.491. The van der Waals surface area contributed by atoms with Crippen LogP contribution in [0.3, 0.4) is 0 Å². The number of hydrogen-bond acceptors (Lipinski definition) is 2. The fourth-order valence-corrected chi connectivity index (χ4v) is 0. The van der Waals surface area contributed by atoms with Gasteiger partial charge in [-0.1, -0.05) is 0 Å². The Labute approximate surface area is 46.8 Å². The zero-order valence-electron chi connectivity index (χ0n) is 1.90. The Balaban J connectivity index is 0. The summed E-state index contributed by atoms with van der Waals surface area (Å²) in [6, 6.07) is 0. The van der Waals surface area contributed by atoms with E-state index in [0.717, 1.165) is 0 Å². The molecule has 0 spiro atoms. The van der Waals surface area contributed by atoms with E-state index in [1.165, 1.54) is 0 Å². The Bertz CT molecular complexity index is 10.0. The molecule has 0 aromatic carbocycles. The van der Waals surface area contributed by atoms with Crippen LogP contribution in [0.1, 0.15) is 0 Å². The molecule has 0 N–H and O–H groups in total. The number of hydrogen-bond donors (Lipinski definition) is 0. The molecule has 0 aliphatic heterocycles. The monoisotopic (exact) mass is 167 g/mol. The van der Waals surface area contributed by atoms with Crippen molar-refractivity contribution in [2.45, 2.75) is 0 Å². The van der Waals surface area contributed by atoms with Gasteiger partial charge in [-0.05, 0) is 0 Å². The van der Waals surface area contributed by atoms with Gasteiger partial charge < -0.3 is 0 Å². The molecule has 0 radical (unpaired) electrons. The molecule has 0 aromatic rings. The minimum absolute atomic E-state index is 0.125. The van der Waals surface area contributed by atoms with Gasteiger partial charge in [0.05, 0.1) is 0 Å². The molecule has 0 heterocycles. The van der Waals surface area contributed by atoms with Gasteiger partial charge in [0, 0.05) is 0 Å². The maximum absolute atomic E-state index is 8.38. The molecule has 0 unspecified atom stereocenters. The molecule has 0 saturated heterocycles. The summed E-state index contributed by atoms with van der Waals surface area (Å²) in [5.41, 5.74) is 0. The Morgan fingerprint density at radius 2 is 1.50 bits per heavy atom. The van der Waals surface area contributed by atoms with Crippen molar-refractivity contribution in [1.82, 2.24) is 0 Å². The summed E-state index contributed by atoms with van der Waals surface area (Å²) in [5, 5.41) is 0. The zero-order valence-corrected chi connectivity index (χ0v) is 6.87. The zero-order chi connectivity index (χ0) is 4.00. The summed E-state index contributed by atoms with van der Waals surface area (Å²) in [7, 11) is 3.90. The predicted octanol–water partition coefficient (Wildman–Crippen LogP) is 0.524. The van der Waals surface area contributed by atoms with Crippen molar-refractivity contribution < 1.29 is 36.2 Å². The van der Waals surface area contributed by atoms with E-state index in [4.69, 9.17) is 3.57 Å². The Kier molecular flexibility index (Phi) is 68.9. The SMILES string of the molecule is [O]=[Zn].[S]=[Mn]. The Morgan fingerprint density at radius 1 is 1.50 bits per heavy atom. The molecule has 0 saturated carbocycles. The van der Waals surface area contributed by atoms with Crippen molar-refractivity contribution in [1.29, 1.82) is 0 Å². The first-order valence-electron chi connectivity index (χ1n) is 0.443. The van der Waals surface area contributed by atoms with E-state index < -0.39 is 0 Å². The van der Waals surface area contributed by atoms with Crippen LogP contribution in [0.4, 0.5) is 0 Å². The van der Waals surface area contributed by atoms with E-state index in [9.17, 15) is 0 Å². The predicted molar refractivity (Wildman–Crippen MR) is 8.28 cm³/mol. The van der Waals surface area contributed by atoms with Crippen LogP contribution in [-0.4, -0.2) is 0 Å². The van der Waals surface area contributed by atoms with Gasteiger partial charge in [-0.15, -0.1) is 0 Å². The van der Waals surface area contributed by atoms with Gasteiger partial charge in [0.15, 0.2) is 0 Å². The van der Waals surface area contributed by atoms with Crippen LogP contribution in [0.15, 0.2) is 0 Å². The Morgan fingerprint density at radius 3 is 1.50 bits per heavy atom. The van der Waals surface area contributed by atoms with Gasteiger partial charge in [-0.2, -0.15) is 0 Å². The molecule has 0 fully saturated rings. The second-order valence-corrected chi connectivity index (χ2v) is 0. The van der Waals surface area contributed by atoms with Crippen molar-refractivity contribution in [2.24, 2.45) is 0 Å². The molecule has 0 amide bonds. The molecule has 0 aromatic heterocycles. The van der Waals surface area contributed by atoms with Crippen molar-refractivity contribution >= 4 is 10.6 Å². The van der Waals surface area contributed by atoms with Gasteiger partial charge in [0.1, 0.15) is 0 Å². The second-order valence-electron chi connectivity index (χ2n) is 0. The van der Waals surface area contributed by atoms with Crippen LogP contribution in [0.25, 0.3) is 0 Å². The van der Waals surface area contributed by atoms with Gasteiger partial charge >= 0.3 is 46.8 Å². The van der Waals surface area contributed by atoms with E-state index >= 15 is 0 Å². The third-order valence-electron chi connectivity index (χ3n) is 0. The molecule has 0 aliphatic rings. The third-order valence-corrected chi connectivity index (χ3v) is 0. The summed E-state index contributed by atoms with van der Waals surface area (Å²) in [6.45, 7) is 0. The van der Waals surface area contributed by atoms with E-state index in [1.807, 2.05) is 0 Å². The summed E-state index contributed by atoms with van der Waals surface area (Å²) in [4.78, 5) is 0. The van der Waals surface area contributed by atoms with E-state index in [2.05, 4.69) is 24.9 Å². The fourth-order valence-electron chi connectivity index (χ4n) is 0. The van der Waals surface area contributed by atoms with Gasteiger partial charge in [0.2, 0.25) is 0 Å². The van der Waals surface area contributed by atoms with Gasteiger partial charge in [0.25, 0.3) is 0 Å². The standard InChI is InChI=1S/Mn.O.S.Zn. The topological polar surface area (TPSA) is 17.1 Å². The first-order chi connectivity index (χ1) is 2.00. The summed E-state index contributed by atoms with van der Waals surface area (Å²) < 4.78 is 8.38. The normalized spacial score (nSPS) is 2.50. The fraction of sp³-hybridized carbons (Fsp3) is 0. The van der Waals surface area contributed by atoms with Crippen molar-refractivity contribution in [2.75, 3.05) is 0 Å². The molecule has 21 valence electrons. The molecule has 0 aliphatic carbocycles. The van der Waals surface area contributed by atoms with Gasteiger partial charge in [-0.3, -0.25) is 0 Å². The molecule has 0 bridgehead atoms. The molecule has 4 heavy (non-hydrogen) atoms. The van der Waals surface area contributed by atoms with Crippen LogP contribution >= 0.6 is 10.6 Å². The van der Waals surface area contributed by atoms with Crippen LogP contribution in [0.5, 0.6) is 0 Å². The average molecular weight is 168 g/mol. The first kappa shape index (κ1) is 8.94. The maximum atomic E-state index is 8.38. The van der Waals surface area contributed by atoms with Crippen LogP contribution in [-0.2, 0) is 36.2 Å². The summed E-state index contributed by atoms with van der Waals surface area (Å²) in [6.07, 6.45) is 0. The van der Waals surface area contributed by atoms with E-state index in [1.54, 1.807) is 0 Å². The van der Waals surface area contributed by atoms with E-state index in [-0.39, 0.29) is 18.3 Å². The summed E-state index contributed by atoms with van der Waals surface area (Å²) in [5.74, 6) is 0. The molecular weight excluding hydrogens is 168 g/mol. The van der Waals surface area contributed by atoms with Crippen molar-refractivity contribution in [3.8, 4) is 0 Å². The molecule has 4 heteroatoms. The summed E-state index contributed by atoms with van der Waals surface area (Å²) >= 11 is 2.65. The first-order valence-corrected chi connectivity index (χ1v) is 3.41. The number of rotatable bonds is 0. The molecule has 0 atom stereocenters. The van der Waals surface area contributed by atoms with Crippen molar-refractivity contribution in [3.05, 3.63) is 0 Å². The Hall–Kier alpha value is 1.16. The van der Waals surface area contributed by atoms with Crippen molar-refractivity contribution in [3.63, 3.8) is 0 Å². The second kappa shape index (κ2) is 30.8. The molecule has 1 nitrogen and oxygen atoms in total. The molecular formula is MnOSZn. The van der Waals surface area contributed by atoms with E-state index in [0.29, 0.717) is 0 Å².